The van der Waals surface area contributed by atoms with Gasteiger partial charge in [-0.3, -0.25) is 4.79 Å². The van der Waals surface area contributed by atoms with E-state index in [4.69, 9.17) is 0 Å². The summed E-state index contributed by atoms with van der Waals surface area (Å²) in [5, 5.41) is 0. The van der Waals surface area contributed by atoms with Gasteiger partial charge in [0.15, 0.2) is 0 Å². The van der Waals surface area contributed by atoms with E-state index in [1.807, 2.05) is 0 Å². The summed E-state index contributed by atoms with van der Waals surface area (Å²) in [6.07, 6.45) is 6.99. The second-order valence-corrected chi connectivity index (χ2v) is 7.77. The lowest BCUT2D eigenvalue weighted by molar-refractivity contribution is -0.137. The molecule has 0 aromatic heterocycles. The first kappa shape index (κ1) is 18.3. The molecule has 1 fully saturated rings. The van der Waals surface area contributed by atoms with Crippen molar-refractivity contribution < 1.29 is 4.79 Å². The molecule has 0 saturated heterocycles. The van der Waals surface area contributed by atoms with E-state index in [0.717, 1.165) is 13.0 Å². The van der Waals surface area contributed by atoms with E-state index < -0.39 is 0 Å². The maximum Gasteiger partial charge on any atom is 0.225 e. The van der Waals surface area contributed by atoms with Gasteiger partial charge in [0.05, 0.1) is 0 Å². The van der Waals surface area contributed by atoms with E-state index in [2.05, 4.69) is 59.4 Å². The molecule has 1 saturated carbocycles. The molecule has 0 N–H and O–H groups in total. The number of amides is 1. The molecule has 0 aromatic rings. The largest absolute Gasteiger partial charge is 0.340 e. The van der Waals surface area contributed by atoms with Gasteiger partial charge in [-0.2, -0.15) is 0 Å². The topological polar surface area (TPSA) is 20.3 Å². The van der Waals surface area contributed by atoms with Crippen molar-refractivity contribution in [2.75, 3.05) is 6.54 Å². The number of hydrogen-bond acceptors (Lipinski definition) is 1. The number of allylic oxidation sites excluding steroid dienone is 2. The van der Waals surface area contributed by atoms with Crippen LogP contribution in [0.25, 0.3) is 0 Å². The molecule has 1 aliphatic carbocycles. The molecule has 0 bridgehead atoms. The molecule has 1 rings (SSSR count). The molecule has 2 nitrogen and oxygen atoms in total. The fraction of sp³-hybridized carbons (Fsp3) is 0.842. The van der Waals surface area contributed by atoms with Crippen molar-refractivity contribution in [2.45, 2.75) is 80.2 Å². The van der Waals surface area contributed by atoms with Crippen LogP contribution < -0.4 is 0 Å². The van der Waals surface area contributed by atoms with Gasteiger partial charge in [0, 0.05) is 18.5 Å². The van der Waals surface area contributed by atoms with E-state index in [1.165, 1.54) is 24.8 Å². The highest BCUT2D eigenvalue weighted by Gasteiger charge is 2.50. The van der Waals surface area contributed by atoms with Crippen LogP contribution in [0.5, 0.6) is 0 Å². The molecule has 0 heterocycles. The highest BCUT2D eigenvalue weighted by molar-refractivity contribution is 5.78. The van der Waals surface area contributed by atoms with Crippen LogP contribution in [0.4, 0.5) is 0 Å². The number of carbonyl (C=O) groups is 1. The molecule has 122 valence electrons. The van der Waals surface area contributed by atoms with Crippen LogP contribution >= 0.6 is 0 Å². The molecular formula is C19H35NO. The quantitative estimate of drug-likeness (QED) is 0.574. The van der Waals surface area contributed by atoms with Gasteiger partial charge in [0.1, 0.15) is 0 Å². The van der Waals surface area contributed by atoms with E-state index >= 15 is 0 Å². The molecule has 3 atom stereocenters. The van der Waals surface area contributed by atoms with Crippen molar-refractivity contribution in [3.05, 3.63) is 11.6 Å². The molecule has 2 heteroatoms. The van der Waals surface area contributed by atoms with Gasteiger partial charge >= 0.3 is 0 Å². The number of hydrogen-bond donors (Lipinski definition) is 0. The second-order valence-electron chi connectivity index (χ2n) is 7.77. The minimum absolute atomic E-state index is 0.156. The van der Waals surface area contributed by atoms with Crippen molar-refractivity contribution in [1.82, 2.24) is 4.90 Å². The van der Waals surface area contributed by atoms with Crippen LogP contribution in [0.15, 0.2) is 11.6 Å². The summed E-state index contributed by atoms with van der Waals surface area (Å²) >= 11 is 0. The third kappa shape index (κ3) is 5.16. The Kier molecular flexibility index (Phi) is 6.49. The monoisotopic (exact) mass is 293 g/mol. The Balaban J connectivity index is 2.55. The lowest BCUT2D eigenvalue weighted by Gasteiger charge is -2.30. The molecular weight excluding hydrogens is 258 g/mol. The Morgan fingerprint density at radius 3 is 2.43 bits per heavy atom. The Bertz CT molecular complexity index is 381. The first-order valence-electron chi connectivity index (χ1n) is 8.65. The normalized spacial score (nSPS) is 25.6. The summed E-state index contributed by atoms with van der Waals surface area (Å²) in [6, 6.07) is 0.314. The van der Waals surface area contributed by atoms with Crippen LogP contribution in [0.3, 0.4) is 0 Å². The van der Waals surface area contributed by atoms with Gasteiger partial charge < -0.3 is 4.90 Å². The standard InChI is InChI=1S/C19H35NO/c1-8-16(6)18(21)20(15(4)5)13-17-12-19(17,7)11-9-10-14(2)3/h10,15-17H,8-9,11-13H2,1-7H3. The van der Waals surface area contributed by atoms with Gasteiger partial charge in [-0.25, -0.2) is 0 Å². The van der Waals surface area contributed by atoms with Gasteiger partial charge in [0.2, 0.25) is 5.91 Å². The van der Waals surface area contributed by atoms with Crippen LogP contribution in [-0.2, 0) is 4.79 Å². The van der Waals surface area contributed by atoms with E-state index in [-0.39, 0.29) is 5.92 Å². The first-order chi connectivity index (χ1) is 9.71. The van der Waals surface area contributed by atoms with E-state index in [9.17, 15) is 4.79 Å². The third-order valence-electron chi connectivity index (χ3n) is 5.16. The third-order valence-corrected chi connectivity index (χ3v) is 5.16. The predicted octanol–water partition coefficient (Wildman–Crippen LogP) is 5.04. The zero-order valence-electron chi connectivity index (χ0n) is 15.2. The molecule has 1 aliphatic rings. The highest BCUT2D eigenvalue weighted by atomic mass is 16.2. The number of carbonyl (C=O) groups excluding carboxylic acids is 1. The van der Waals surface area contributed by atoms with E-state index in [1.54, 1.807) is 0 Å². The van der Waals surface area contributed by atoms with Gasteiger partial charge in [-0.1, -0.05) is 32.4 Å². The van der Waals surface area contributed by atoms with Crippen molar-refractivity contribution in [3.8, 4) is 0 Å². The van der Waals surface area contributed by atoms with Crippen LogP contribution in [0.2, 0.25) is 0 Å². The summed E-state index contributed by atoms with van der Waals surface area (Å²) in [6.45, 7) is 16.1. The summed E-state index contributed by atoms with van der Waals surface area (Å²) in [5.74, 6) is 1.19. The molecule has 0 aromatic carbocycles. The van der Waals surface area contributed by atoms with Crippen molar-refractivity contribution in [1.29, 1.82) is 0 Å². The molecule has 0 spiro atoms. The number of rotatable bonds is 8. The van der Waals surface area contributed by atoms with Crippen molar-refractivity contribution in [3.63, 3.8) is 0 Å². The fourth-order valence-electron chi connectivity index (χ4n) is 3.04. The SMILES string of the molecule is CCC(C)C(=O)N(CC1CC1(C)CCC=C(C)C)C(C)C. The Hall–Kier alpha value is -0.790. The molecule has 1 amide bonds. The van der Waals surface area contributed by atoms with Gasteiger partial charge in [-0.05, 0) is 64.7 Å². The Morgan fingerprint density at radius 2 is 1.95 bits per heavy atom. The minimum atomic E-state index is 0.156. The average Bonchev–Trinajstić information content (AvgIpc) is 3.03. The molecule has 3 unspecified atom stereocenters. The van der Waals surface area contributed by atoms with E-state index in [0.29, 0.717) is 23.3 Å². The van der Waals surface area contributed by atoms with Crippen molar-refractivity contribution >= 4 is 5.91 Å². The number of nitrogens with zero attached hydrogens (tertiary/aromatic N) is 1. The highest BCUT2D eigenvalue weighted by Crippen LogP contribution is 2.56. The fourth-order valence-corrected chi connectivity index (χ4v) is 3.04. The summed E-state index contributed by atoms with van der Waals surface area (Å²) in [4.78, 5) is 14.6. The van der Waals surface area contributed by atoms with Crippen molar-refractivity contribution in [2.24, 2.45) is 17.3 Å². The molecule has 0 aliphatic heterocycles. The molecule has 0 radical (unpaired) electrons. The lowest BCUT2D eigenvalue weighted by atomic mass is 9.98. The minimum Gasteiger partial charge on any atom is -0.340 e. The maximum absolute atomic E-state index is 12.5. The van der Waals surface area contributed by atoms with Crippen LogP contribution in [0.1, 0.15) is 74.1 Å². The maximum atomic E-state index is 12.5. The average molecular weight is 293 g/mol. The lowest BCUT2D eigenvalue weighted by Crippen LogP contribution is -2.41. The zero-order valence-corrected chi connectivity index (χ0v) is 15.2. The summed E-state index contributed by atoms with van der Waals surface area (Å²) < 4.78 is 0. The van der Waals surface area contributed by atoms with Crippen LogP contribution in [-0.4, -0.2) is 23.4 Å². The summed E-state index contributed by atoms with van der Waals surface area (Å²) in [7, 11) is 0. The van der Waals surface area contributed by atoms with Gasteiger partial charge in [-0.15, -0.1) is 0 Å². The first-order valence-corrected chi connectivity index (χ1v) is 8.65. The van der Waals surface area contributed by atoms with Gasteiger partial charge in [0.25, 0.3) is 0 Å². The predicted molar refractivity (Wildman–Crippen MR) is 91.2 cm³/mol. The Morgan fingerprint density at radius 1 is 1.33 bits per heavy atom. The second kappa shape index (κ2) is 7.47. The zero-order chi connectivity index (χ0) is 16.2. The smallest absolute Gasteiger partial charge is 0.225 e. The van der Waals surface area contributed by atoms with Crippen LogP contribution in [0, 0.1) is 17.3 Å². The summed E-state index contributed by atoms with van der Waals surface area (Å²) in [5.41, 5.74) is 1.86. The Labute approximate surface area is 132 Å². The molecule has 21 heavy (non-hydrogen) atoms.